The van der Waals surface area contributed by atoms with Crippen LogP contribution in [0.4, 0.5) is 15.8 Å². The van der Waals surface area contributed by atoms with Gasteiger partial charge in [0.05, 0.1) is 31.1 Å². The number of halogens is 1. The third-order valence-electron chi connectivity index (χ3n) is 7.13. The van der Waals surface area contributed by atoms with Gasteiger partial charge >= 0.3 is 0 Å². The number of hydrogen-bond donors (Lipinski definition) is 2. The van der Waals surface area contributed by atoms with Crippen LogP contribution in [0.1, 0.15) is 43.9 Å². The van der Waals surface area contributed by atoms with Gasteiger partial charge in [0.1, 0.15) is 11.6 Å². The predicted molar refractivity (Wildman–Crippen MR) is 146 cm³/mol. The summed E-state index contributed by atoms with van der Waals surface area (Å²) in [6.07, 6.45) is 1.09. The summed E-state index contributed by atoms with van der Waals surface area (Å²) in [7, 11) is 1.61. The van der Waals surface area contributed by atoms with E-state index >= 15 is 0 Å². The molecule has 0 spiro atoms. The molecule has 3 aromatic rings. The molecule has 196 valence electrons. The second-order valence-corrected chi connectivity index (χ2v) is 10.7. The largest absolute Gasteiger partial charge is 0.497 e. The molecule has 1 atom stereocenters. The molecule has 6 nitrogen and oxygen atoms in total. The molecule has 38 heavy (non-hydrogen) atoms. The Morgan fingerprint density at radius 1 is 1.08 bits per heavy atom. The number of amides is 1. The molecule has 2 aliphatic rings. The molecule has 0 bridgehead atoms. The molecule has 1 unspecified atom stereocenters. The molecule has 7 heteroatoms. The zero-order chi connectivity index (χ0) is 26.9. The summed E-state index contributed by atoms with van der Waals surface area (Å²) in [5.41, 5.74) is 4.59. The van der Waals surface area contributed by atoms with Gasteiger partial charge in [-0.15, -0.1) is 0 Å². The third kappa shape index (κ3) is 5.28. The van der Waals surface area contributed by atoms with E-state index in [2.05, 4.69) is 24.5 Å². The number of carbonyl (C=O) groups excluding carboxylic acids is 2. The van der Waals surface area contributed by atoms with Gasteiger partial charge in [-0.1, -0.05) is 50.2 Å². The zero-order valence-electron chi connectivity index (χ0n) is 21.9. The maximum atomic E-state index is 13.9. The SMILES string of the molecule is COc1cccc(CNC(=O)CN2c3ccccc3NC3=C(C(=O)CC(C)(C)C3)C2c2ccc(F)cc2)c1. The van der Waals surface area contributed by atoms with Crippen molar-refractivity contribution in [3.63, 3.8) is 0 Å². The van der Waals surface area contributed by atoms with Crippen molar-refractivity contribution in [1.82, 2.24) is 5.32 Å². The molecule has 2 N–H and O–H groups in total. The van der Waals surface area contributed by atoms with Gasteiger partial charge in [0.15, 0.2) is 5.78 Å². The first-order valence-electron chi connectivity index (χ1n) is 12.8. The quantitative estimate of drug-likeness (QED) is 0.438. The van der Waals surface area contributed by atoms with Crippen LogP contribution >= 0.6 is 0 Å². The van der Waals surface area contributed by atoms with E-state index in [-0.39, 0.29) is 29.5 Å². The van der Waals surface area contributed by atoms with Gasteiger partial charge in [-0.2, -0.15) is 0 Å². The summed E-state index contributed by atoms with van der Waals surface area (Å²) in [6, 6.07) is 21.0. The minimum atomic E-state index is -0.548. The van der Waals surface area contributed by atoms with Gasteiger partial charge in [0, 0.05) is 24.2 Å². The average Bonchev–Trinajstić information content (AvgIpc) is 3.02. The van der Waals surface area contributed by atoms with Crippen LogP contribution in [0.15, 0.2) is 84.1 Å². The normalized spacial score (nSPS) is 18.2. The molecule has 3 aromatic carbocycles. The number of Topliss-reactive ketones (excluding diaryl/α,β-unsaturated/α-hetero) is 1. The summed E-state index contributed by atoms with van der Waals surface area (Å²) in [5.74, 6) is 0.211. The number of hydrogen-bond acceptors (Lipinski definition) is 5. The van der Waals surface area contributed by atoms with Gasteiger partial charge in [-0.05, 0) is 59.4 Å². The van der Waals surface area contributed by atoms with Crippen LogP contribution in [0.25, 0.3) is 0 Å². The number of methoxy groups -OCH3 is 1. The van der Waals surface area contributed by atoms with Crippen LogP contribution in [-0.2, 0) is 16.1 Å². The van der Waals surface area contributed by atoms with Crippen molar-refractivity contribution in [2.45, 2.75) is 39.3 Å². The van der Waals surface area contributed by atoms with Crippen LogP contribution in [0.5, 0.6) is 5.75 Å². The second kappa shape index (κ2) is 10.3. The first-order valence-corrected chi connectivity index (χ1v) is 12.8. The summed E-state index contributed by atoms with van der Waals surface area (Å²) in [5, 5.41) is 6.54. The van der Waals surface area contributed by atoms with Gasteiger partial charge in [-0.3, -0.25) is 9.59 Å². The first-order chi connectivity index (χ1) is 18.2. The fourth-order valence-electron chi connectivity index (χ4n) is 5.41. The Morgan fingerprint density at radius 3 is 2.61 bits per heavy atom. The fourth-order valence-corrected chi connectivity index (χ4v) is 5.41. The fraction of sp³-hybridized carbons (Fsp3) is 0.290. The van der Waals surface area contributed by atoms with E-state index in [1.54, 1.807) is 19.2 Å². The van der Waals surface area contributed by atoms with E-state index in [4.69, 9.17) is 4.74 Å². The van der Waals surface area contributed by atoms with E-state index in [0.717, 1.165) is 33.9 Å². The Balaban J connectivity index is 1.54. The van der Waals surface area contributed by atoms with Crippen LogP contribution in [0.3, 0.4) is 0 Å². The molecule has 1 heterocycles. The lowest BCUT2D eigenvalue weighted by Gasteiger charge is -2.37. The lowest BCUT2D eigenvalue weighted by atomic mass is 9.73. The number of nitrogens with zero attached hydrogens (tertiary/aromatic N) is 1. The number of rotatable bonds is 6. The number of allylic oxidation sites excluding steroid dienone is 1. The summed E-state index contributed by atoms with van der Waals surface area (Å²) < 4.78 is 19.2. The van der Waals surface area contributed by atoms with Gasteiger partial charge in [0.25, 0.3) is 0 Å². The molecule has 5 rings (SSSR count). The predicted octanol–water partition coefficient (Wildman–Crippen LogP) is 5.77. The van der Waals surface area contributed by atoms with Crippen molar-refractivity contribution in [2.75, 3.05) is 23.9 Å². The molecule has 0 aromatic heterocycles. The van der Waals surface area contributed by atoms with Crippen molar-refractivity contribution in [1.29, 1.82) is 0 Å². The van der Waals surface area contributed by atoms with Crippen LogP contribution < -0.4 is 20.3 Å². The number of fused-ring (bicyclic) bond motifs is 1. The Hall–Kier alpha value is -4.13. The van der Waals surface area contributed by atoms with Crippen LogP contribution in [0, 0.1) is 11.2 Å². The van der Waals surface area contributed by atoms with E-state index in [9.17, 15) is 14.0 Å². The van der Waals surface area contributed by atoms with E-state index in [0.29, 0.717) is 25.0 Å². The maximum absolute atomic E-state index is 13.9. The van der Waals surface area contributed by atoms with Crippen molar-refractivity contribution in [3.05, 3.63) is 101 Å². The standard InChI is InChI=1S/C31H32FN3O3/c1-31(2)16-25-29(27(36)17-31)30(21-11-13-22(32)14-12-21)35(26-10-5-4-9-24(26)34-25)19-28(37)33-18-20-7-6-8-23(15-20)38-3/h4-15,30,34H,16-19H2,1-3H3,(H,33,37). The Morgan fingerprint density at radius 2 is 1.84 bits per heavy atom. The molecule has 0 fully saturated rings. The monoisotopic (exact) mass is 513 g/mol. The van der Waals surface area contributed by atoms with E-state index < -0.39 is 6.04 Å². The Bertz CT molecular complexity index is 1400. The van der Waals surface area contributed by atoms with Crippen LogP contribution in [-0.4, -0.2) is 25.3 Å². The van der Waals surface area contributed by atoms with Crippen molar-refractivity contribution < 1.29 is 18.7 Å². The van der Waals surface area contributed by atoms with E-state index in [1.807, 2.05) is 53.4 Å². The van der Waals surface area contributed by atoms with Gasteiger partial charge < -0.3 is 20.3 Å². The lowest BCUT2D eigenvalue weighted by molar-refractivity contribution is -0.120. The van der Waals surface area contributed by atoms with Gasteiger partial charge in [-0.25, -0.2) is 4.39 Å². The van der Waals surface area contributed by atoms with Crippen molar-refractivity contribution in [3.8, 4) is 5.75 Å². The summed E-state index contributed by atoms with van der Waals surface area (Å²) >= 11 is 0. The number of para-hydroxylation sites is 2. The second-order valence-electron chi connectivity index (χ2n) is 10.7. The smallest absolute Gasteiger partial charge is 0.239 e. The number of nitrogens with one attached hydrogen (secondary N) is 2. The highest BCUT2D eigenvalue weighted by Crippen LogP contribution is 2.48. The number of carbonyl (C=O) groups is 2. The number of ether oxygens (including phenoxy) is 1. The minimum Gasteiger partial charge on any atom is -0.497 e. The minimum absolute atomic E-state index is 0.0121. The molecule has 0 saturated carbocycles. The zero-order valence-corrected chi connectivity index (χ0v) is 21.9. The topological polar surface area (TPSA) is 70.7 Å². The molecular formula is C31H32FN3O3. The van der Waals surface area contributed by atoms with Gasteiger partial charge in [0.2, 0.25) is 5.91 Å². The molecule has 0 saturated heterocycles. The highest BCUT2D eigenvalue weighted by Gasteiger charge is 2.41. The molecule has 1 amide bonds. The highest BCUT2D eigenvalue weighted by molar-refractivity contribution is 6.01. The Labute approximate surface area is 222 Å². The molecular weight excluding hydrogens is 481 g/mol. The molecule has 1 aliphatic carbocycles. The third-order valence-corrected chi connectivity index (χ3v) is 7.13. The average molecular weight is 514 g/mol. The Kier molecular flexibility index (Phi) is 6.93. The van der Waals surface area contributed by atoms with E-state index in [1.165, 1.54) is 12.1 Å². The summed E-state index contributed by atoms with van der Waals surface area (Å²) in [6.45, 7) is 4.53. The number of anilines is 2. The first kappa shape index (κ1) is 25.5. The summed E-state index contributed by atoms with van der Waals surface area (Å²) in [4.78, 5) is 29.0. The number of ketones is 1. The lowest BCUT2D eigenvalue weighted by Crippen LogP contribution is -2.41. The maximum Gasteiger partial charge on any atom is 0.239 e. The van der Waals surface area contributed by atoms with Crippen molar-refractivity contribution >= 4 is 23.1 Å². The number of benzene rings is 3. The molecule has 1 aliphatic heterocycles. The highest BCUT2D eigenvalue weighted by atomic mass is 19.1. The van der Waals surface area contributed by atoms with Crippen molar-refractivity contribution in [2.24, 2.45) is 5.41 Å². The molecule has 0 radical (unpaired) electrons. The van der Waals surface area contributed by atoms with Crippen LogP contribution in [0.2, 0.25) is 0 Å².